The van der Waals surface area contributed by atoms with Crippen molar-refractivity contribution >= 4 is 0 Å². The molecule has 92 valence electrons. The largest absolute Gasteiger partial charge is 0.394 e. The molecular weight excluding hydrogens is 212 g/mol. The first-order valence-corrected chi connectivity index (χ1v) is 4.84. The minimum absolute atomic E-state index is 0.365. The third kappa shape index (κ3) is 5.79. The van der Waals surface area contributed by atoms with Crippen molar-refractivity contribution in [2.75, 3.05) is 13.2 Å². The van der Waals surface area contributed by atoms with Gasteiger partial charge in [-0.25, -0.2) is 0 Å². The topological polar surface area (TPSA) is 101 Å². The van der Waals surface area contributed by atoms with Gasteiger partial charge in [-0.3, -0.25) is 0 Å². The average molecular weight is 230 g/mol. The molecule has 0 aliphatic carbocycles. The van der Waals surface area contributed by atoms with Gasteiger partial charge in [0.25, 0.3) is 0 Å². The zero-order chi connectivity index (χ0) is 12.6. The Morgan fingerprint density at radius 1 is 1.00 bits per heavy atom. The van der Waals surface area contributed by atoms with Crippen LogP contribution in [0.2, 0.25) is 0 Å². The smallest absolute Gasteiger partial charge is 0.178 e. The molecule has 0 saturated heterocycles. The number of aliphatic hydroxyl groups excluding tert-OH is 4. The van der Waals surface area contributed by atoms with Crippen molar-refractivity contribution in [1.29, 1.82) is 0 Å². The second-order valence-electron chi connectivity index (χ2n) is 3.25. The Labute approximate surface area is 94.2 Å². The molecule has 5 heteroatoms. The molecule has 0 bridgehead atoms. The van der Waals surface area contributed by atoms with Crippen LogP contribution in [0.25, 0.3) is 0 Å². The summed E-state index contributed by atoms with van der Waals surface area (Å²) in [6.45, 7) is 1.11. The molecule has 0 aromatic heterocycles. The molecule has 0 fully saturated rings. The van der Waals surface area contributed by atoms with Crippen molar-refractivity contribution in [1.82, 2.24) is 0 Å². The van der Waals surface area contributed by atoms with Gasteiger partial charge in [0, 0.05) is 5.56 Å². The Morgan fingerprint density at radius 3 is 1.75 bits per heavy atom. The van der Waals surface area contributed by atoms with Gasteiger partial charge in [0.15, 0.2) is 6.29 Å². The molecule has 1 aromatic rings. The first-order valence-electron chi connectivity index (χ1n) is 4.84. The highest BCUT2D eigenvalue weighted by Crippen LogP contribution is 2.13. The summed E-state index contributed by atoms with van der Waals surface area (Å²) in [6, 6.07) is 7.18. The van der Waals surface area contributed by atoms with Crippen LogP contribution in [0.5, 0.6) is 0 Å². The van der Waals surface area contributed by atoms with Gasteiger partial charge in [0.2, 0.25) is 0 Å². The quantitative estimate of drug-likeness (QED) is 0.442. The fraction of sp³-hybridized carbons (Fsp3) is 0.455. The van der Waals surface area contributed by atoms with E-state index in [4.69, 9.17) is 25.5 Å². The predicted molar refractivity (Wildman–Crippen MR) is 58.5 cm³/mol. The molecule has 5 nitrogen and oxygen atoms in total. The average Bonchev–Trinajstić information content (AvgIpc) is 2.29. The van der Waals surface area contributed by atoms with Crippen molar-refractivity contribution in [2.24, 2.45) is 0 Å². The zero-order valence-electron chi connectivity index (χ0n) is 9.11. The Bertz CT molecular complexity index is 283. The van der Waals surface area contributed by atoms with E-state index in [1.54, 1.807) is 12.1 Å². The van der Waals surface area contributed by atoms with Crippen molar-refractivity contribution in [2.45, 2.75) is 19.3 Å². The summed E-state index contributed by atoms with van der Waals surface area (Å²) >= 11 is 0. The van der Waals surface area contributed by atoms with Gasteiger partial charge in [-0.05, 0) is 12.5 Å². The molecule has 1 aromatic carbocycles. The van der Waals surface area contributed by atoms with E-state index in [0.29, 0.717) is 5.56 Å². The molecule has 0 aliphatic rings. The summed E-state index contributed by atoms with van der Waals surface area (Å²) < 4.78 is 0. The van der Waals surface area contributed by atoms with Gasteiger partial charge in [0.05, 0.1) is 13.2 Å². The molecule has 0 aliphatic heterocycles. The fourth-order valence-electron chi connectivity index (χ4n) is 0.934. The molecule has 5 N–H and O–H groups in total. The normalized spacial score (nSPS) is 10.2. The maximum absolute atomic E-state index is 8.76. The van der Waals surface area contributed by atoms with Crippen LogP contribution in [0.1, 0.15) is 17.4 Å². The third-order valence-corrected chi connectivity index (χ3v) is 1.89. The van der Waals surface area contributed by atoms with E-state index >= 15 is 0 Å². The van der Waals surface area contributed by atoms with Crippen LogP contribution in [0.3, 0.4) is 0 Å². The standard InChI is InChI=1S/C8H10O2.C3H8O3/c1-6-4-2-3-5-7(6)8(9)10;4-1-3(6)2-5/h2-5,8-10H,1H3;3-6H,1-2H2. The van der Waals surface area contributed by atoms with E-state index in [9.17, 15) is 0 Å². The summed E-state index contributed by atoms with van der Waals surface area (Å²) in [5, 5.41) is 41.5. The van der Waals surface area contributed by atoms with Gasteiger partial charge in [-0.15, -0.1) is 0 Å². The van der Waals surface area contributed by atoms with Crippen molar-refractivity contribution in [3.63, 3.8) is 0 Å². The lowest BCUT2D eigenvalue weighted by Crippen LogP contribution is -2.15. The number of hydrogen-bond acceptors (Lipinski definition) is 5. The Hall–Kier alpha value is -0.980. The monoisotopic (exact) mass is 230 g/mol. The lowest BCUT2D eigenvalue weighted by molar-refractivity contribution is -0.0429. The number of rotatable bonds is 3. The van der Waals surface area contributed by atoms with Crippen LogP contribution in [0.15, 0.2) is 24.3 Å². The summed E-state index contributed by atoms with van der Waals surface area (Å²) in [5.74, 6) is 0. The van der Waals surface area contributed by atoms with Crippen LogP contribution in [0, 0.1) is 6.92 Å². The first-order chi connectivity index (χ1) is 7.52. The minimum atomic E-state index is -1.35. The molecular formula is C11H18O5. The lowest BCUT2D eigenvalue weighted by atomic mass is 10.1. The maximum atomic E-state index is 8.76. The molecule has 0 spiro atoms. The molecule has 0 radical (unpaired) electrons. The summed E-state index contributed by atoms with van der Waals surface area (Å²) in [4.78, 5) is 0. The Balaban J connectivity index is 0.000000325. The molecule has 0 saturated carbocycles. The highest BCUT2D eigenvalue weighted by Gasteiger charge is 2.02. The summed E-state index contributed by atoms with van der Waals surface area (Å²) in [7, 11) is 0. The van der Waals surface area contributed by atoms with Gasteiger partial charge >= 0.3 is 0 Å². The van der Waals surface area contributed by atoms with Crippen molar-refractivity contribution in [3.8, 4) is 0 Å². The van der Waals surface area contributed by atoms with E-state index in [1.165, 1.54) is 0 Å². The zero-order valence-corrected chi connectivity index (χ0v) is 9.11. The Kier molecular flexibility index (Phi) is 7.70. The minimum Gasteiger partial charge on any atom is -0.394 e. The van der Waals surface area contributed by atoms with Crippen LogP contribution in [-0.2, 0) is 0 Å². The van der Waals surface area contributed by atoms with Gasteiger partial charge in [0.1, 0.15) is 6.10 Å². The number of aryl methyl sites for hydroxylation is 1. The number of aliphatic hydroxyl groups is 5. The summed E-state index contributed by atoms with van der Waals surface area (Å²) in [5.41, 5.74) is 1.47. The van der Waals surface area contributed by atoms with Crippen LogP contribution in [0.4, 0.5) is 0 Å². The van der Waals surface area contributed by atoms with E-state index in [0.717, 1.165) is 5.56 Å². The molecule has 0 atom stereocenters. The number of benzene rings is 1. The molecule has 0 heterocycles. The highest BCUT2D eigenvalue weighted by atomic mass is 16.5. The van der Waals surface area contributed by atoms with Crippen LogP contribution < -0.4 is 0 Å². The van der Waals surface area contributed by atoms with Gasteiger partial charge in [-0.2, -0.15) is 0 Å². The van der Waals surface area contributed by atoms with Crippen LogP contribution in [-0.4, -0.2) is 44.9 Å². The maximum Gasteiger partial charge on any atom is 0.178 e. The predicted octanol–water partition coefficient (Wildman–Crippen LogP) is -0.690. The highest BCUT2D eigenvalue weighted by molar-refractivity contribution is 5.25. The van der Waals surface area contributed by atoms with Crippen molar-refractivity contribution in [3.05, 3.63) is 35.4 Å². The van der Waals surface area contributed by atoms with E-state index in [1.807, 2.05) is 19.1 Å². The molecule has 1 rings (SSSR count). The van der Waals surface area contributed by atoms with Crippen molar-refractivity contribution < 1.29 is 25.5 Å². The first kappa shape index (κ1) is 15.0. The lowest BCUT2D eigenvalue weighted by Gasteiger charge is -2.05. The van der Waals surface area contributed by atoms with Crippen LogP contribution >= 0.6 is 0 Å². The number of hydrogen-bond donors (Lipinski definition) is 5. The summed E-state index contributed by atoms with van der Waals surface area (Å²) in [6.07, 6.45) is -2.30. The SMILES string of the molecule is Cc1ccccc1C(O)O.OCC(O)CO. The fourth-order valence-corrected chi connectivity index (χ4v) is 0.934. The Morgan fingerprint density at radius 2 is 1.50 bits per heavy atom. The van der Waals surface area contributed by atoms with E-state index in [2.05, 4.69) is 0 Å². The molecule has 16 heavy (non-hydrogen) atoms. The third-order valence-electron chi connectivity index (χ3n) is 1.89. The molecule has 0 unspecified atom stereocenters. The van der Waals surface area contributed by atoms with Gasteiger partial charge < -0.3 is 25.5 Å². The van der Waals surface area contributed by atoms with Gasteiger partial charge in [-0.1, -0.05) is 24.3 Å². The second-order valence-corrected chi connectivity index (χ2v) is 3.25. The van der Waals surface area contributed by atoms with E-state index < -0.39 is 12.4 Å². The van der Waals surface area contributed by atoms with E-state index in [-0.39, 0.29) is 13.2 Å². The second kappa shape index (κ2) is 8.20. The molecule has 0 amide bonds.